The molecule has 0 spiro atoms. The van der Waals surface area contributed by atoms with E-state index in [1.807, 2.05) is 13.8 Å². The van der Waals surface area contributed by atoms with Crippen LogP contribution < -0.4 is 16.1 Å². The molecule has 0 saturated carbocycles. The highest BCUT2D eigenvalue weighted by Gasteiger charge is 2.23. The molecule has 0 bridgehead atoms. The Morgan fingerprint density at radius 2 is 2.00 bits per heavy atom. The summed E-state index contributed by atoms with van der Waals surface area (Å²) in [7, 11) is 0. The fraction of sp³-hybridized carbons (Fsp3) is 0.750. The van der Waals surface area contributed by atoms with Gasteiger partial charge in [0.15, 0.2) is 6.23 Å². The molecule has 0 aromatic carbocycles. The van der Waals surface area contributed by atoms with Gasteiger partial charge in [0.25, 0.3) is 5.56 Å². The number of hydrogen-bond acceptors (Lipinski definition) is 8. The zero-order valence-electron chi connectivity index (χ0n) is 16.2. The molecule has 0 saturated heterocycles. The van der Waals surface area contributed by atoms with Gasteiger partial charge in [0, 0.05) is 12.3 Å². The van der Waals surface area contributed by atoms with Crippen LogP contribution in [0.2, 0.25) is 0 Å². The quantitative estimate of drug-likeness (QED) is 0.531. The molecule has 1 aromatic heterocycles. The Morgan fingerprint density at radius 3 is 2.48 bits per heavy atom. The van der Waals surface area contributed by atoms with Crippen LogP contribution in [0.3, 0.4) is 0 Å². The standard InChI is InChI=1S/C16H29N2O7PS/c1-11(2)8-12(10-23-26(22,27)25-16(3,4)5)24-14(9-19)18-7-6-13(20)17-15(18)21/h6-7,11-12,14,19H,8-10H2,1-5H3,(H,22,27)(H,17,20,21)/p-1/t12-,14-,26?/m1/s1. The van der Waals surface area contributed by atoms with Crippen molar-refractivity contribution in [1.29, 1.82) is 0 Å². The molecule has 0 amide bonds. The van der Waals surface area contributed by atoms with Crippen molar-refractivity contribution >= 4 is 18.5 Å². The molecule has 0 aliphatic heterocycles. The van der Waals surface area contributed by atoms with Gasteiger partial charge in [0.05, 0.1) is 24.9 Å². The lowest BCUT2D eigenvalue weighted by molar-refractivity contribution is -0.218. The highest BCUT2D eigenvalue weighted by molar-refractivity contribution is 8.06. The Bertz CT molecular complexity index is 756. The summed E-state index contributed by atoms with van der Waals surface area (Å²) in [6.45, 7) is 4.67. The first-order chi connectivity index (χ1) is 12.3. The van der Waals surface area contributed by atoms with Crippen LogP contribution in [0.15, 0.2) is 21.9 Å². The van der Waals surface area contributed by atoms with E-state index in [2.05, 4.69) is 4.98 Å². The van der Waals surface area contributed by atoms with E-state index < -0.39 is 42.5 Å². The molecule has 0 radical (unpaired) electrons. The maximum atomic E-state index is 12.3. The highest BCUT2D eigenvalue weighted by Crippen LogP contribution is 2.43. The number of rotatable bonds is 10. The van der Waals surface area contributed by atoms with Crippen LogP contribution in [0, 0.1) is 5.92 Å². The van der Waals surface area contributed by atoms with E-state index in [1.165, 1.54) is 6.20 Å². The van der Waals surface area contributed by atoms with Gasteiger partial charge >= 0.3 is 5.69 Å². The van der Waals surface area contributed by atoms with Crippen molar-refractivity contribution in [3.8, 4) is 0 Å². The first-order valence-electron chi connectivity index (χ1n) is 8.57. The van der Waals surface area contributed by atoms with E-state index in [-0.39, 0.29) is 12.5 Å². The predicted octanol–water partition coefficient (Wildman–Crippen LogP) is 0.875. The summed E-state index contributed by atoms with van der Waals surface area (Å²) in [5.74, 6) is 0.193. The SMILES string of the molecule is CC(C)C[C@H](COP([O-])(=S)OC(C)(C)C)O[C@H](CO)n1ccc(=O)[nH]c1=O. The minimum Gasteiger partial charge on any atom is -0.780 e. The molecule has 0 aliphatic carbocycles. The zero-order valence-corrected chi connectivity index (χ0v) is 17.9. The second-order valence-corrected chi connectivity index (χ2v) is 10.2. The van der Waals surface area contributed by atoms with Crippen LogP contribution in [0.25, 0.3) is 0 Å². The van der Waals surface area contributed by atoms with Gasteiger partial charge < -0.3 is 23.8 Å². The van der Waals surface area contributed by atoms with Gasteiger partial charge in [0.1, 0.15) is 6.72 Å². The van der Waals surface area contributed by atoms with Gasteiger partial charge in [-0.1, -0.05) is 25.7 Å². The molecule has 1 aromatic rings. The van der Waals surface area contributed by atoms with Crippen molar-refractivity contribution in [3.63, 3.8) is 0 Å². The lowest BCUT2D eigenvalue weighted by Gasteiger charge is -2.36. The van der Waals surface area contributed by atoms with Crippen LogP contribution in [0.4, 0.5) is 0 Å². The molecule has 0 fully saturated rings. The third-order valence-electron chi connectivity index (χ3n) is 3.21. The number of aliphatic hydroxyl groups excluding tert-OH is 1. The number of nitrogens with zero attached hydrogens (tertiary/aromatic N) is 1. The number of nitrogens with one attached hydrogen (secondary N) is 1. The zero-order chi connectivity index (χ0) is 20.8. The summed E-state index contributed by atoms with van der Waals surface area (Å²) in [5.41, 5.74) is -2.00. The molecule has 0 aliphatic rings. The summed E-state index contributed by atoms with van der Waals surface area (Å²) in [6, 6.07) is 1.15. The monoisotopic (exact) mass is 423 g/mol. The van der Waals surface area contributed by atoms with Crippen molar-refractivity contribution in [2.45, 2.75) is 59.0 Å². The van der Waals surface area contributed by atoms with Crippen LogP contribution >= 0.6 is 6.72 Å². The first-order valence-corrected chi connectivity index (χ1v) is 11.1. The van der Waals surface area contributed by atoms with Crippen LogP contribution in [-0.2, 0) is 25.6 Å². The van der Waals surface area contributed by atoms with E-state index in [9.17, 15) is 19.6 Å². The van der Waals surface area contributed by atoms with Gasteiger partial charge in [-0.3, -0.25) is 14.3 Å². The second-order valence-electron chi connectivity index (χ2n) is 7.49. The lowest BCUT2D eigenvalue weighted by Crippen LogP contribution is -2.37. The number of aromatic amines is 1. The lowest BCUT2D eigenvalue weighted by atomic mass is 10.1. The largest absolute Gasteiger partial charge is 0.780 e. The van der Waals surface area contributed by atoms with E-state index in [0.29, 0.717) is 6.42 Å². The number of H-pyrrole nitrogens is 1. The molecule has 1 unspecified atom stereocenters. The summed E-state index contributed by atoms with van der Waals surface area (Å²) < 4.78 is 17.4. The normalized spacial score (nSPS) is 16.9. The summed E-state index contributed by atoms with van der Waals surface area (Å²) >= 11 is 4.91. The summed E-state index contributed by atoms with van der Waals surface area (Å²) in [6.07, 6.45) is 0.0747. The van der Waals surface area contributed by atoms with Gasteiger partial charge in [-0.05, 0) is 33.1 Å². The fourth-order valence-corrected chi connectivity index (χ4v) is 4.22. The van der Waals surface area contributed by atoms with Gasteiger partial charge in [-0.2, -0.15) is 0 Å². The van der Waals surface area contributed by atoms with Crippen molar-refractivity contribution < 1.29 is 23.8 Å². The highest BCUT2D eigenvalue weighted by atomic mass is 32.5. The maximum absolute atomic E-state index is 12.3. The third-order valence-corrected chi connectivity index (χ3v) is 4.98. The van der Waals surface area contributed by atoms with Crippen molar-refractivity contribution in [1.82, 2.24) is 9.55 Å². The average molecular weight is 423 g/mol. The molecule has 11 heteroatoms. The van der Waals surface area contributed by atoms with Crippen molar-refractivity contribution in [3.05, 3.63) is 33.1 Å². The Balaban J connectivity index is 2.90. The number of hydrogen-bond donors (Lipinski definition) is 2. The van der Waals surface area contributed by atoms with Gasteiger partial charge in [-0.15, -0.1) is 0 Å². The Kier molecular flexibility index (Phi) is 9.01. The topological polar surface area (TPSA) is 126 Å². The molecular formula is C16H28N2O7PS-. The van der Waals surface area contributed by atoms with E-state index in [4.69, 9.17) is 25.6 Å². The number of ether oxygens (including phenoxy) is 1. The van der Waals surface area contributed by atoms with Crippen LogP contribution in [-0.4, -0.2) is 39.6 Å². The minimum atomic E-state index is -3.73. The Morgan fingerprint density at radius 1 is 1.37 bits per heavy atom. The molecule has 156 valence electrons. The second kappa shape index (κ2) is 10.1. The van der Waals surface area contributed by atoms with Crippen LogP contribution in [0.1, 0.15) is 47.3 Å². The van der Waals surface area contributed by atoms with Crippen molar-refractivity contribution in [2.75, 3.05) is 13.2 Å². The van der Waals surface area contributed by atoms with Crippen LogP contribution in [0.5, 0.6) is 0 Å². The number of aliphatic hydroxyl groups is 1. The minimum absolute atomic E-state index is 0.135. The van der Waals surface area contributed by atoms with E-state index >= 15 is 0 Å². The summed E-state index contributed by atoms with van der Waals surface area (Å²) in [4.78, 5) is 37.5. The smallest absolute Gasteiger partial charge is 0.330 e. The molecule has 1 rings (SSSR count). The number of aromatic nitrogens is 2. The van der Waals surface area contributed by atoms with Crippen molar-refractivity contribution in [2.24, 2.45) is 5.92 Å². The van der Waals surface area contributed by atoms with Gasteiger partial charge in [-0.25, -0.2) is 4.79 Å². The van der Waals surface area contributed by atoms with E-state index in [0.717, 1.165) is 10.6 Å². The Labute approximate surface area is 163 Å². The molecule has 9 nitrogen and oxygen atoms in total. The van der Waals surface area contributed by atoms with Gasteiger partial charge in [0.2, 0.25) is 0 Å². The maximum Gasteiger partial charge on any atom is 0.330 e. The molecular weight excluding hydrogens is 395 g/mol. The Hall–Kier alpha value is -0.870. The first kappa shape index (κ1) is 24.2. The van der Waals surface area contributed by atoms with E-state index in [1.54, 1.807) is 20.8 Å². The average Bonchev–Trinajstić information content (AvgIpc) is 2.48. The fourth-order valence-electron chi connectivity index (χ4n) is 2.30. The predicted molar refractivity (Wildman–Crippen MR) is 103 cm³/mol. The molecule has 27 heavy (non-hydrogen) atoms. The summed E-state index contributed by atoms with van der Waals surface area (Å²) in [5, 5.41) is 9.62. The third kappa shape index (κ3) is 9.25. The molecule has 1 heterocycles. The molecule has 3 atom stereocenters. The molecule has 2 N–H and O–H groups in total.